The number of carbonyl (C=O) groups is 1. The number of aromatic nitrogens is 3. The Morgan fingerprint density at radius 3 is 2.94 bits per heavy atom. The molecule has 5 rings (SSSR count). The Morgan fingerprint density at radius 2 is 2.16 bits per heavy atom. The van der Waals surface area contributed by atoms with E-state index in [9.17, 15) is 9.90 Å². The van der Waals surface area contributed by atoms with Crippen LogP contribution in [0.25, 0.3) is 0 Å². The molecule has 1 fully saturated rings. The van der Waals surface area contributed by atoms with Crippen molar-refractivity contribution in [2.75, 3.05) is 11.9 Å². The highest BCUT2D eigenvalue weighted by Crippen LogP contribution is 2.39. The molecule has 2 N–H and O–H groups in total. The zero-order valence-corrected chi connectivity index (χ0v) is 19.6. The number of anilines is 1. The molecule has 1 radical (unpaired) electrons. The van der Waals surface area contributed by atoms with Gasteiger partial charge in [0.15, 0.2) is 0 Å². The number of aliphatic hydroxyl groups is 1. The van der Waals surface area contributed by atoms with E-state index in [4.69, 9.17) is 9.72 Å². The molecule has 0 spiro atoms. The third-order valence-corrected chi connectivity index (χ3v) is 8.23. The summed E-state index contributed by atoms with van der Waals surface area (Å²) >= 11 is 3.18. The minimum Gasteiger partial charge on any atom is -0.393 e. The Bertz CT molecular complexity index is 1150. The summed E-state index contributed by atoms with van der Waals surface area (Å²) in [7, 11) is 0. The normalized spacial score (nSPS) is 25.0. The van der Waals surface area contributed by atoms with Crippen molar-refractivity contribution in [3.8, 4) is 0 Å². The molecule has 32 heavy (non-hydrogen) atoms. The molecule has 1 aliphatic heterocycles. The Labute approximate surface area is 194 Å². The minimum absolute atomic E-state index is 0.0225. The smallest absolute Gasteiger partial charge is 0.208 e. The fraction of sp³-hybridized carbons (Fsp3) is 0.435. The van der Waals surface area contributed by atoms with E-state index in [1.807, 2.05) is 19.9 Å². The summed E-state index contributed by atoms with van der Waals surface area (Å²) in [5.41, 5.74) is 2.40. The topological polar surface area (TPSA) is 97.2 Å². The molecule has 167 valence electrons. The Morgan fingerprint density at radius 1 is 1.31 bits per heavy atom. The van der Waals surface area contributed by atoms with Crippen LogP contribution in [-0.4, -0.2) is 44.6 Å². The van der Waals surface area contributed by atoms with E-state index >= 15 is 0 Å². The summed E-state index contributed by atoms with van der Waals surface area (Å²) in [6.45, 7) is 8.67. The fourth-order valence-corrected chi connectivity index (χ4v) is 6.43. The van der Waals surface area contributed by atoms with Gasteiger partial charge in [-0.2, -0.15) is 0 Å². The van der Waals surface area contributed by atoms with Gasteiger partial charge in [0.2, 0.25) is 5.78 Å². The zero-order valence-electron chi connectivity index (χ0n) is 18.0. The van der Waals surface area contributed by atoms with Gasteiger partial charge in [0.1, 0.15) is 18.2 Å². The Hall–Kier alpha value is -2.20. The van der Waals surface area contributed by atoms with E-state index < -0.39 is 6.10 Å². The summed E-state index contributed by atoms with van der Waals surface area (Å²) in [5, 5.41) is 14.4. The van der Waals surface area contributed by atoms with Crippen LogP contribution in [0.2, 0.25) is 0 Å². The van der Waals surface area contributed by atoms with E-state index in [0.717, 1.165) is 34.0 Å². The van der Waals surface area contributed by atoms with Gasteiger partial charge in [-0.3, -0.25) is 4.79 Å². The molecule has 1 aliphatic carbocycles. The number of thiazole rings is 1. The lowest BCUT2D eigenvalue weighted by Gasteiger charge is -2.22. The number of ether oxygens (including phenoxy) is 1. The number of carbonyl (C=O) groups excluding carboxylic acids is 1. The molecule has 0 amide bonds. The number of nitrogens with one attached hydrogen (secondary N) is 1. The standard InChI is InChI=1S/C23H25N4O3S2/c1-11-6-14(7-17(11)28)27-23-16(9-24-10-25-23)21(29)19-8-15(12(2)31-19)22-20-18(4-5-30-22)32-13(3)26-20/h8-11,14,17,22,28H,1,4-7H2,2-3H3,(H,24,25,27)/t11-,14-,17+,22+/m1/s1. The monoisotopic (exact) mass is 469 g/mol. The minimum atomic E-state index is -0.439. The van der Waals surface area contributed by atoms with Gasteiger partial charge in [-0.15, -0.1) is 22.7 Å². The van der Waals surface area contributed by atoms with E-state index in [1.165, 1.54) is 22.5 Å². The summed E-state index contributed by atoms with van der Waals surface area (Å²) < 4.78 is 6.09. The highest BCUT2D eigenvalue weighted by molar-refractivity contribution is 7.14. The predicted octanol–water partition coefficient (Wildman–Crippen LogP) is 3.89. The summed E-state index contributed by atoms with van der Waals surface area (Å²) in [5.74, 6) is 0.351. The maximum absolute atomic E-state index is 13.4. The van der Waals surface area contributed by atoms with Crippen molar-refractivity contribution >= 4 is 34.3 Å². The van der Waals surface area contributed by atoms with E-state index in [0.29, 0.717) is 29.3 Å². The van der Waals surface area contributed by atoms with E-state index in [1.54, 1.807) is 17.5 Å². The van der Waals surface area contributed by atoms with Crippen LogP contribution in [-0.2, 0) is 11.2 Å². The number of rotatable bonds is 5. The highest BCUT2D eigenvalue weighted by Gasteiger charge is 2.32. The lowest BCUT2D eigenvalue weighted by atomic mass is 10.0. The SMILES string of the molecule is [CH2][C@@H]1C[C@@H](Nc2ncncc2C(=O)c2cc([C@@H]3OCCc4sc(C)nc43)c(C)s2)C[C@@H]1O. The number of ketones is 1. The molecule has 2 aliphatic rings. The van der Waals surface area contributed by atoms with Gasteiger partial charge in [0.25, 0.3) is 0 Å². The second-order valence-corrected chi connectivity index (χ2v) is 11.0. The molecule has 1 saturated carbocycles. The number of aliphatic hydroxyl groups excluding tert-OH is 1. The van der Waals surface area contributed by atoms with E-state index in [2.05, 4.69) is 22.2 Å². The molecule has 0 aromatic carbocycles. The number of fused-ring (bicyclic) bond motifs is 1. The third kappa shape index (κ3) is 3.98. The highest BCUT2D eigenvalue weighted by atomic mass is 32.1. The van der Waals surface area contributed by atoms with Crippen molar-refractivity contribution in [1.82, 2.24) is 15.0 Å². The molecule has 0 bridgehead atoms. The second-order valence-electron chi connectivity index (χ2n) is 8.42. The van der Waals surface area contributed by atoms with Crippen LogP contribution in [0.15, 0.2) is 18.6 Å². The third-order valence-electron chi connectivity index (χ3n) is 6.11. The molecule has 0 saturated heterocycles. The van der Waals surface area contributed by atoms with Crippen LogP contribution in [0.3, 0.4) is 0 Å². The van der Waals surface area contributed by atoms with E-state index in [-0.39, 0.29) is 23.8 Å². The van der Waals surface area contributed by atoms with Gasteiger partial charge in [-0.25, -0.2) is 15.0 Å². The van der Waals surface area contributed by atoms with Crippen molar-refractivity contribution < 1.29 is 14.6 Å². The molecule has 0 unspecified atom stereocenters. The van der Waals surface area contributed by atoms with Crippen LogP contribution >= 0.6 is 22.7 Å². The Balaban J connectivity index is 1.42. The van der Waals surface area contributed by atoms with Crippen LogP contribution < -0.4 is 5.32 Å². The first-order valence-corrected chi connectivity index (χ1v) is 12.3. The first kappa shape index (κ1) is 21.6. The fourth-order valence-electron chi connectivity index (χ4n) is 4.48. The molecule has 9 heteroatoms. The first-order valence-electron chi connectivity index (χ1n) is 10.7. The van der Waals surface area contributed by atoms with Crippen molar-refractivity contribution in [3.05, 3.63) is 62.0 Å². The lowest BCUT2D eigenvalue weighted by Crippen LogP contribution is -2.20. The van der Waals surface area contributed by atoms with Gasteiger partial charge in [-0.1, -0.05) is 0 Å². The maximum atomic E-state index is 13.4. The van der Waals surface area contributed by atoms with Crippen LogP contribution in [0.5, 0.6) is 0 Å². The molecule has 3 aromatic rings. The second kappa shape index (κ2) is 8.62. The van der Waals surface area contributed by atoms with Crippen molar-refractivity contribution in [3.63, 3.8) is 0 Å². The molecule has 7 nitrogen and oxygen atoms in total. The molecule has 4 heterocycles. The average molecular weight is 470 g/mol. The van der Waals surface area contributed by atoms with Crippen molar-refractivity contribution in [2.45, 2.75) is 51.4 Å². The quantitative estimate of drug-likeness (QED) is 0.547. The van der Waals surface area contributed by atoms with Gasteiger partial charge in [0.05, 0.1) is 33.9 Å². The van der Waals surface area contributed by atoms with Crippen LogP contribution in [0.4, 0.5) is 5.82 Å². The predicted molar refractivity (Wildman–Crippen MR) is 124 cm³/mol. The molecular formula is C23H25N4O3S2. The first-order chi connectivity index (χ1) is 15.4. The number of thiophene rings is 1. The number of nitrogens with zero attached hydrogens (tertiary/aromatic N) is 3. The number of hydrogen-bond donors (Lipinski definition) is 2. The molecular weight excluding hydrogens is 444 g/mol. The van der Waals surface area contributed by atoms with Crippen molar-refractivity contribution in [1.29, 1.82) is 0 Å². The number of hydrogen-bond acceptors (Lipinski definition) is 9. The largest absolute Gasteiger partial charge is 0.393 e. The van der Waals surface area contributed by atoms with Gasteiger partial charge < -0.3 is 15.2 Å². The maximum Gasteiger partial charge on any atom is 0.208 e. The van der Waals surface area contributed by atoms with Crippen LogP contribution in [0.1, 0.15) is 60.2 Å². The van der Waals surface area contributed by atoms with Gasteiger partial charge in [-0.05, 0) is 45.6 Å². The molecule has 4 atom stereocenters. The Kier molecular flexibility index (Phi) is 5.83. The summed E-state index contributed by atoms with van der Waals surface area (Å²) in [6.07, 6.45) is 4.51. The molecule has 3 aromatic heterocycles. The summed E-state index contributed by atoms with van der Waals surface area (Å²) in [4.78, 5) is 29.5. The summed E-state index contributed by atoms with van der Waals surface area (Å²) in [6, 6.07) is 1.95. The lowest BCUT2D eigenvalue weighted by molar-refractivity contribution is 0.0679. The van der Waals surface area contributed by atoms with Crippen molar-refractivity contribution in [2.24, 2.45) is 5.92 Å². The zero-order chi connectivity index (χ0) is 22.4. The van der Waals surface area contributed by atoms with Crippen LogP contribution in [0, 0.1) is 26.7 Å². The van der Waals surface area contributed by atoms with Gasteiger partial charge in [0, 0.05) is 34.0 Å². The number of aryl methyl sites for hydroxylation is 2. The van der Waals surface area contributed by atoms with Gasteiger partial charge >= 0.3 is 0 Å². The average Bonchev–Trinajstić information content (AvgIpc) is 3.43.